The standard InChI is InChI=1S/C34H24N2OS/c37-33-17-8-7-16-30(33)32-22-28(25-12-5-2-6-13-25)21-31(36-32)27-14-9-15-29(20-27)38-34-23-26(18-19-35-34)24-10-3-1-4-11-24/h1-23,37H. The van der Waals surface area contributed by atoms with Gasteiger partial charge in [-0.15, -0.1) is 0 Å². The number of pyridine rings is 2. The fraction of sp³-hybridized carbons (Fsp3) is 0. The van der Waals surface area contributed by atoms with Gasteiger partial charge in [0, 0.05) is 22.2 Å². The molecule has 0 atom stereocenters. The zero-order valence-corrected chi connectivity index (χ0v) is 21.3. The highest BCUT2D eigenvalue weighted by molar-refractivity contribution is 7.99. The third-order valence-electron chi connectivity index (χ3n) is 6.31. The second kappa shape index (κ2) is 10.8. The predicted octanol–water partition coefficient (Wildman–Crippen LogP) is 9.00. The molecule has 182 valence electrons. The van der Waals surface area contributed by atoms with Gasteiger partial charge in [-0.1, -0.05) is 96.7 Å². The second-order valence-corrected chi connectivity index (χ2v) is 9.98. The summed E-state index contributed by atoms with van der Waals surface area (Å²) in [6.07, 6.45) is 1.86. The summed E-state index contributed by atoms with van der Waals surface area (Å²) in [6, 6.07) is 44.6. The van der Waals surface area contributed by atoms with Gasteiger partial charge >= 0.3 is 0 Å². The van der Waals surface area contributed by atoms with Crippen molar-refractivity contribution in [3.8, 4) is 50.5 Å². The maximum atomic E-state index is 10.5. The number of para-hydroxylation sites is 1. The molecule has 0 aliphatic heterocycles. The Bertz CT molecular complexity index is 1700. The lowest BCUT2D eigenvalue weighted by molar-refractivity contribution is 0.477. The second-order valence-electron chi connectivity index (χ2n) is 8.89. The SMILES string of the molecule is Oc1ccccc1-c1cc(-c2ccccc2)cc(-c2cccc(Sc3cc(-c4ccccc4)ccn3)c2)n1. The van der Waals surface area contributed by atoms with E-state index in [1.165, 1.54) is 5.56 Å². The highest BCUT2D eigenvalue weighted by atomic mass is 32.2. The van der Waals surface area contributed by atoms with E-state index < -0.39 is 0 Å². The first-order valence-electron chi connectivity index (χ1n) is 12.4. The zero-order valence-electron chi connectivity index (χ0n) is 20.5. The maximum Gasteiger partial charge on any atom is 0.124 e. The van der Waals surface area contributed by atoms with Crippen LogP contribution in [0.5, 0.6) is 5.75 Å². The summed E-state index contributed by atoms with van der Waals surface area (Å²) in [7, 11) is 0. The molecule has 1 N–H and O–H groups in total. The number of phenols is 1. The molecule has 0 radical (unpaired) electrons. The third-order valence-corrected chi connectivity index (χ3v) is 7.23. The fourth-order valence-electron chi connectivity index (χ4n) is 4.42. The molecule has 3 nitrogen and oxygen atoms in total. The van der Waals surface area contributed by atoms with Gasteiger partial charge in [-0.2, -0.15) is 0 Å². The molecule has 6 aromatic rings. The Morgan fingerprint density at radius 1 is 0.500 bits per heavy atom. The highest BCUT2D eigenvalue weighted by Crippen LogP contribution is 2.36. The minimum absolute atomic E-state index is 0.213. The van der Waals surface area contributed by atoms with Gasteiger partial charge in [-0.3, -0.25) is 0 Å². The Morgan fingerprint density at radius 2 is 1.16 bits per heavy atom. The number of nitrogens with zero attached hydrogens (tertiary/aromatic N) is 2. The molecule has 2 heterocycles. The van der Waals surface area contributed by atoms with Crippen molar-refractivity contribution in [3.05, 3.63) is 140 Å². The Kier molecular flexibility index (Phi) is 6.71. The highest BCUT2D eigenvalue weighted by Gasteiger charge is 2.12. The number of aromatic hydroxyl groups is 1. The van der Waals surface area contributed by atoms with Crippen LogP contribution >= 0.6 is 11.8 Å². The van der Waals surface area contributed by atoms with E-state index >= 15 is 0 Å². The van der Waals surface area contributed by atoms with Crippen LogP contribution in [0, 0.1) is 0 Å². The van der Waals surface area contributed by atoms with Crippen molar-refractivity contribution in [2.45, 2.75) is 9.92 Å². The fourth-order valence-corrected chi connectivity index (χ4v) is 5.29. The number of aromatic nitrogens is 2. The molecule has 2 aromatic heterocycles. The first-order valence-corrected chi connectivity index (χ1v) is 13.2. The van der Waals surface area contributed by atoms with E-state index in [1.807, 2.05) is 72.9 Å². The van der Waals surface area contributed by atoms with Crippen molar-refractivity contribution < 1.29 is 5.11 Å². The van der Waals surface area contributed by atoms with Crippen molar-refractivity contribution in [2.24, 2.45) is 0 Å². The van der Waals surface area contributed by atoms with E-state index in [9.17, 15) is 5.11 Å². The van der Waals surface area contributed by atoms with Crippen LogP contribution in [0.3, 0.4) is 0 Å². The van der Waals surface area contributed by atoms with Crippen molar-refractivity contribution in [3.63, 3.8) is 0 Å². The van der Waals surface area contributed by atoms with Gasteiger partial charge in [0.25, 0.3) is 0 Å². The molecule has 0 aliphatic rings. The average Bonchev–Trinajstić information content (AvgIpc) is 2.98. The number of benzene rings is 4. The summed E-state index contributed by atoms with van der Waals surface area (Å²) in [5.74, 6) is 0.213. The molecule has 0 saturated carbocycles. The molecule has 4 aromatic carbocycles. The number of phenolic OH excluding ortho intramolecular Hbond substituents is 1. The molecule has 0 bridgehead atoms. The largest absolute Gasteiger partial charge is 0.507 e. The van der Waals surface area contributed by atoms with Gasteiger partial charge in [0.05, 0.1) is 11.4 Å². The summed E-state index contributed by atoms with van der Waals surface area (Å²) < 4.78 is 0. The van der Waals surface area contributed by atoms with Crippen molar-refractivity contribution in [2.75, 3.05) is 0 Å². The van der Waals surface area contributed by atoms with Crippen molar-refractivity contribution in [1.29, 1.82) is 0 Å². The van der Waals surface area contributed by atoms with Gasteiger partial charge in [-0.05, 0) is 70.8 Å². The summed E-state index contributed by atoms with van der Waals surface area (Å²) in [4.78, 5) is 10.7. The molecule has 6 rings (SSSR count). The Hall–Kier alpha value is -4.67. The molecular formula is C34H24N2OS. The molecule has 38 heavy (non-hydrogen) atoms. The molecular weight excluding hydrogens is 484 g/mol. The van der Waals surface area contributed by atoms with E-state index in [0.29, 0.717) is 5.56 Å². The van der Waals surface area contributed by atoms with Crippen LogP contribution in [0.25, 0.3) is 44.8 Å². The quantitative estimate of drug-likeness (QED) is 0.244. The van der Waals surface area contributed by atoms with Gasteiger partial charge in [0.1, 0.15) is 10.8 Å². The van der Waals surface area contributed by atoms with Crippen LogP contribution in [0.15, 0.2) is 150 Å². The minimum atomic E-state index is 0.213. The van der Waals surface area contributed by atoms with Gasteiger partial charge in [0.2, 0.25) is 0 Å². The Balaban J connectivity index is 1.38. The lowest BCUT2D eigenvalue weighted by atomic mass is 10.00. The van der Waals surface area contributed by atoms with Crippen LogP contribution in [-0.4, -0.2) is 15.1 Å². The topological polar surface area (TPSA) is 46.0 Å². The van der Waals surface area contributed by atoms with Gasteiger partial charge < -0.3 is 5.11 Å². The molecule has 0 amide bonds. The molecule has 0 fully saturated rings. The molecule has 0 spiro atoms. The zero-order chi connectivity index (χ0) is 25.7. The Labute approximate surface area is 226 Å². The number of hydrogen-bond donors (Lipinski definition) is 1. The monoisotopic (exact) mass is 508 g/mol. The molecule has 0 aliphatic carbocycles. The summed E-state index contributed by atoms with van der Waals surface area (Å²) in [5.41, 5.74) is 7.74. The first-order chi connectivity index (χ1) is 18.7. The van der Waals surface area contributed by atoms with E-state index in [2.05, 4.69) is 65.6 Å². The van der Waals surface area contributed by atoms with Gasteiger partial charge in [0.15, 0.2) is 0 Å². The number of hydrogen-bond acceptors (Lipinski definition) is 4. The van der Waals surface area contributed by atoms with Gasteiger partial charge in [-0.25, -0.2) is 9.97 Å². The summed E-state index contributed by atoms with van der Waals surface area (Å²) >= 11 is 1.63. The molecule has 0 unspecified atom stereocenters. The summed E-state index contributed by atoms with van der Waals surface area (Å²) in [6.45, 7) is 0. The number of rotatable bonds is 6. The third kappa shape index (κ3) is 5.22. The van der Waals surface area contributed by atoms with Crippen LogP contribution < -0.4 is 0 Å². The normalized spacial score (nSPS) is 10.8. The maximum absolute atomic E-state index is 10.5. The lowest BCUT2D eigenvalue weighted by Gasteiger charge is -2.12. The van der Waals surface area contributed by atoms with Crippen LogP contribution in [0.1, 0.15) is 0 Å². The Morgan fingerprint density at radius 3 is 1.92 bits per heavy atom. The van der Waals surface area contributed by atoms with Crippen LogP contribution in [0.2, 0.25) is 0 Å². The smallest absolute Gasteiger partial charge is 0.124 e. The van der Waals surface area contributed by atoms with E-state index in [4.69, 9.17) is 4.98 Å². The van der Waals surface area contributed by atoms with E-state index in [1.54, 1.807) is 17.8 Å². The average molecular weight is 509 g/mol. The van der Waals surface area contributed by atoms with E-state index in [-0.39, 0.29) is 5.75 Å². The minimum Gasteiger partial charge on any atom is -0.507 e. The van der Waals surface area contributed by atoms with Crippen molar-refractivity contribution in [1.82, 2.24) is 9.97 Å². The lowest BCUT2D eigenvalue weighted by Crippen LogP contribution is -1.92. The molecule has 0 saturated heterocycles. The summed E-state index contributed by atoms with van der Waals surface area (Å²) in [5, 5.41) is 11.5. The predicted molar refractivity (Wildman–Crippen MR) is 156 cm³/mol. The van der Waals surface area contributed by atoms with Crippen LogP contribution in [0.4, 0.5) is 0 Å². The first kappa shape index (κ1) is 23.7. The van der Waals surface area contributed by atoms with Crippen molar-refractivity contribution >= 4 is 11.8 Å². The molecule has 4 heteroatoms. The van der Waals surface area contributed by atoms with E-state index in [0.717, 1.165) is 43.6 Å². The van der Waals surface area contributed by atoms with Crippen LogP contribution in [-0.2, 0) is 0 Å².